The topological polar surface area (TPSA) is 88.8 Å². The summed E-state index contributed by atoms with van der Waals surface area (Å²) in [6.07, 6.45) is 2.89. The number of nitrogens with one attached hydrogen (secondary N) is 1. The van der Waals surface area contributed by atoms with E-state index in [-0.39, 0.29) is 16.6 Å². The second-order valence-electron chi connectivity index (χ2n) is 4.97. The molecule has 1 amide bonds. The van der Waals surface area contributed by atoms with E-state index in [0.29, 0.717) is 16.5 Å². The molecule has 5 nitrogen and oxygen atoms in total. The van der Waals surface area contributed by atoms with Gasteiger partial charge in [0.15, 0.2) is 0 Å². The summed E-state index contributed by atoms with van der Waals surface area (Å²) in [5, 5.41) is 0.596. The monoisotopic (exact) mass is 297 g/mol. The zero-order valence-electron chi connectivity index (χ0n) is 11.7. The van der Waals surface area contributed by atoms with Crippen molar-refractivity contribution in [2.24, 2.45) is 5.73 Å². The third-order valence-electron chi connectivity index (χ3n) is 3.57. The molecule has 0 spiro atoms. The van der Waals surface area contributed by atoms with Crippen LogP contribution in [-0.4, -0.2) is 15.9 Å². The summed E-state index contributed by atoms with van der Waals surface area (Å²) in [7, 11) is 0. The molecular formula is C16H12FN3O2. The Morgan fingerprint density at radius 1 is 1.27 bits per heavy atom. The van der Waals surface area contributed by atoms with E-state index in [1.165, 1.54) is 24.5 Å². The number of nitrogens with zero attached hydrogens (tertiary/aromatic N) is 1. The van der Waals surface area contributed by atoms with Crippen molar-refractivity contribution in [1.29, 1.82) is 0 Å². The highest BCUT2D eigenvalue weighted by atomic mass is 19.1. The lowest BCUT2D eigenvalue weighted by Crippen LogP contribution is -2.11. The van der Waals surface area contributed by atoms with Crippen molar-refractivity contribution in [2.45, 2.75) is 6.92 Å². The highest BCUT2D eigenvalue weighted by Gasteiger charge is 2.13. The predicted molar refractivity (Wildman–Crippen MR) is 81.0 cm³/mol. The summed E-state index contributed by atoms with van der Waals surface area (Å²) in [5.74, 6) is -1.14. The van der Waals surface area contributed by atoms with Gasteiger partial charge in [0.05, 0.1) is 11.1 Å². The highest BCUT2D eigenvalue weighted by Crippen LogP contribution is 2.30. The third-order valence-corrected chi connectivity index (χ3v) is 3.57. The van der Waals surface area contributed by atoms with Crippen LogP contribution in [0.3, 0.4) is 0 Å². The molecule has 0 radical (unpaired) electrons. The molecule has 0 bridgehead atoms. The van der Waals surface area contributed by atoms with E-state index in [9.17, 15) is 14.0 Å². The summed E-state index contributed by atoms with van der Waals surface area (Å²) in [4.78, 5) is 29.0. The summed E-state index contributed by atoms with van der Waals surface area (Å²) in [6.45, 7) is 1.81. The second-order valence-corrected chi connectivity index (χ2v) is 4.97. The number of halogens is 1. The molecule has 3 N–H and O–H groups in total. The lowest BCUT2D eigenvalue weighted by atomic mass is 9.97. The molecule has 22 heavy (non-hydrogen) atoms. The quantitative estimate of drug-likeness (QED) is 0.759. The van der Waals surface area contributed by atoms with Crippen LogP contribution in [0.4, 0.5) is 4.39 Å². The smallest absolute Gasteiger partial charge is 0.250 e. The molecule has 0 aliphatic carbocycles. The first-order valence-corrected chi connectivity index (χ1v) is 6.55. The van der Waals surface area contributed by atoms with E-state index >= 15 is 0 Å². The number of fused-ring (bicyclic) bond motifs is 1. The highest BCUT2D eigenvalue weighted by molar-refractivity contribution is 5.95. The fourth-order valence-corrected chi connectivity index (χ4v) is 2.45. The number of aryl methyl sites for hydroxylation is 1. The molecule has 3 aromatic rings. The number of hydrogen-bond acceptors (Lipinski definition) is 3. The van der Waals surface area contributed by atoms with Gasteiger partial charge in [0.1, 0.15) is 5.82 Å². The van der Waals surface area contributed by atoms with Crippen molar-refractivity contribution in [3.05, 3.63) is 64.0 Å². The number of aromatic amines is 1. The summed E-state index contributed by atoms with van der Waals surface area (Å²) in [5.41, 5.74) is 7.24. The number of pyridine rings is 2. The van der Waals surface area contributed by atoms with E-state index in [1.807, 2.05) is 6.92 Å². The number of nitrogens with two attached hydrogens (primary N) is 1. The molecular weight excluding hydrogens is 285 g/mol. The predicted octanol–water partition coefficient (Wildman–Crippen LogP) is 2.14. The van der Waals surface area contributed by atoms with Crippen LogP contribution < -0.4 is 11.3 Å². The van der Waals surface area contributed by atoms with Gasteiger partial charge in [-0.05, 0) is 36.2 Å². The largest absolute Gasteiger partial charge is 0.366 e. The maximum Gasteiger partial charge on any atom is 0.250 e. The van der Waals surface area contributed by atoms with Gasteiger partial charge in [0.2, 0.25) is 11.5 Å². The van der Waals surface area contributed by atoms with E-state index in [4.69, 9.17) is 5.73 Å². The number of aromatic nitrogens is 2. The number of carbonyl (C=O) groups excluding carboxylic acids is 1. The third kappa shape index (κ3) is 2.24. The minimum absolute atomic E-state index is 0.160. The molecule has 0 atom stereocenters. The Balaban J connectivity index is 2.30. The van der Waals surface area contributed by atoms with Gasteiger partial charge in [-0.3, -0.25) is 14.6 Å². The normalized spacial score (nSPS) is 10.8. The van der Waals surface area contributed by atoms with E-state index < -0.39 is 11.7 Å². The lowest BCUT2D eigenvalue weighted by Gasteiger charge is -2.11. The Labute approximate surface area is 124 Å². The van der Waals surface area contributed by atoms with Crippen LogP contribution in [0.25, 0.3) is 22.0 Å². The van der Waals surface area contributed by atoms with Gasteiger partial charge in [0.25, 0.3) is 0 Å². The molecule has 0 unspecified atom stereocenters. The molecule has 3 rings (SSSR count). The number of benzene rings is 1. The minimum atomic E-state index is -0.599. The van der Waals surface area contributed by atoms with Crippen molar-refractivity contribution >= 4 is 16.8 Å². The number of H-pyrrole nitrogens is 1. The van der Waals surface area contributed by atoms with E-state index in [1.54, 1.807) is 12.1 Å². The number of hydrogen-bond donors (Lipinski definition) is 2. The zero-order chi connectivity index (χ0) is 15.9. The Morgan fingerprint density at radius 3 is 2.77 bits per heavy atom. The van der Waals surface area contributed by atoms with E-state index in [2.05, 4.69) is 9.97 Å². The van der Waals surface area contributed by atoms with Crippen LogP contribution in [0.5, 0.6) is 0 Å². The molecule has 0 saturated carbocycles. The standard InChI is InChI=1S/C16H12FN3O2/c1-8-11-2-3-14(21)20-15(11)13(17)5-12(8)9-4-10(16(18)22)7-19-6-9/h2-7H,1H3,(H2,18,22)(H,20,21). The maximum atomic E-state index is 14.3. The molecule has 0 fully saturated rings. The van der Waals surface area contributed by atoms with Crippen molar-refractivity contribution in [3.63, 3.8) is 0 Å². The maximum absolute atomic E-state index is 14.3. The van der Waals surface area contributed by atoms with Crippen molar-refractivity contribution in [2.75, 3.05) is 0 Å². The number of rotatable bonds is 2. The Bertz CT molecular complexity index is 963. The molecule has 110 valence electrons. The van der Waals surface area contributed by atoms with Crippen molar-refractivity contribution in [1.82, 2.24) is 9.97 Å². The number of primary amides is 1. The number of amides is 1. The average molecular weight is 297 g/mol. The minimum Gasteiger partial charge on any atom is -0.366 e. The summed E-state index contributed by atoms with van der Waals surface area (Å²) >= 11 is 0. The van der Waals surface area contributed by atoms with Crippen LogP contribution in [0.15, 0.2) is 41.5 Å². The van der Waals surface area contributed by atoms with Gasteiger partial charge in [-0.25, -0.2) is 4.39 Å². The first kappa shape index (κ1) is 13.9. The molecule has 1 aromatic carbocycles. The van der Waals surface area contributed by atoms with Gasteiger partial charge < -0.3 is 10.7 Å². The molecule has 0 aliphatic rings. The van der Waals surface area contributed by atoms with Gasteiger partial charge in [-0.1, -0.05) is 0 Å². The summed E-state index contributed by atoms with van der Waals surface area (Å²) < 4.78 is 14.3. The second kappa shape index (κ2) is 5.07. The number of carbonyl (C=O) groups is 1. The van der Waals surface area contributed by atoms with Crippen LogP contribution in [-0.2, 0) is 0 Å². The van der Waals surface area contributed by atoms with Crippen molar-refractivity contribution in [3.8, 4) is 11.1 Å². The average Bonchev–Trinajstić information content (AvgIpc) is 2.51. The van der Waals surface area contributed by atoms with Gasteiger partial charge in [0, 0.05) is 29.4 Å². The Morgan fingerprint density at radius 2 is 2.05 bits per heavy atom. The summed E-state index contributed by atoms with van der Waals surface area (Å²) in [6, 6.07) is 5.79. The van der Waals surface area contributed by atoms with Crippen LogP contribution in [0, 0.1) is 12.7 Å². The Kier molecular flexibility index (Phi) is 3.21. The lowest BCUT2D eigenvalue weighted by molar-refractivity contribution is 0.1000. The van der Waals surface area contributed by atoms with Crippen molar-refractivity contribution < 1.29 is 9.18 Å². The van der Waals surface area contributed by atoms with Crippen LogP contribution in [0.2, 0.25) is 0 Å². The molecule has 2 aromatic heterocycles. The first-order chi connectivity index (χ1) is 10.5. The van der Waals surface area contributed by atoms with Gasteiger partial charge >= 0.3 is 0 Å². The molecule has 0 saturated heterocycles. The zero-order valence-corrected chi connectivity index (χ0v) is 11.7. The SMILES string of the molecule is Cc1c(-c2cncc(C(N)=O)c2)cc(F)c2[nH]c(=O)ccc12. The molecule has 2 heterocycles. The fourth-order valence-electron chi connectivity index (χ4n) is 2.45. The van der Waals surface area contributed by atoms with Gasteiger partial charge in [-0.15, -0.1) is 0 Å². The first-order valence-electron chi connectivity index (χ1n) is 6.55. The van der Waals surface area contributed by atoms with Gasteiger partial charge in [-0.2, -0.15) is 0 Å². The van der Waals surface area contributed by atoms with Crippen LogP contribution in [0.1, 0.15) is 15.9 Å². The van der Waals surface area contributed by atoms with Crippen LogP contribution >= 0.6 is 0 Å². The van der Waals surface area contributed by atoms with E-state index in [0.717, 1.165) is 5.56 Å². The molecule has 6 heteroatoms. The Hall–Kier alpha value is -3.02. The fraction of sp³-hybridized carbons (Fsp3) is 0.0625. The molecule has 0 aliphatic heterocycles.